The molecule has 0 amide bonds. The van der Waals surface area contributed by atoms with Crippen molar-refractivity contribution < 1.29 is 8.42 Å². The van der Waals surface area contributed by atoms with Crippen molar-refractivity contribution in [3.8, 4) is 0 Å². The molecule has 0 bridgehead atoms. The van der Waals surface area contributed by atoms with Crippen LogP contribution in [0.15, 0.2) is 10.3 Å². The fourth-order valence-corrected chi connectivity index (χ4v) is 6.05. The Bertz CT molecular complexity index is 535. The first-order chi connectivity index (χ1) is 8.95. The Labute approximate surface area is 119 Å². The Morgan fingerprint density at radius 1 is 1.47 bits per heavy atom. The van der Waals surface area contributed by atoms with Crippen LogP contribution in [0.5, 0.6) is 0 Å². The quantitative estimate of drug-likeness (QED) is 0.925. The predicted molar refractivity (Wildman–Crippen MR) is 79.2 cm³/mol. The zero-order chi connectivity index (χ0) is 14.0. The normalized spacial score (nSPS) is 21.7. The largest absolute Gasteiger partial charge is 0.319 e. The molecular weight excluding hydrogens is 280 g/mol. The van der Waals surface area contributed by atoms with Gasteiger partial charge in [-0.2, -0.15) is 4.31 Å². The van der Waals surface area contributed by atoms with E-state index in [2.05, 4.69) is 5.32 Å². The van der Waals surface area contributed by atoms with E-state index >= 15 is 0 Å². The highest BCUT2D eigenvalue weighted by molar-refractivity contribution is 7.91. The van der Waals surface area contributed by atoms with Crippen LogP contribution in [-0.4, -0.2) is 39.4 Å². The average Bonchev–Trinajstić information content (AvgIpc) is 2.70. The first-order valence-corrected chi connectivity index (χ1v) is 8.92. The second kappa shape index (κ2) is 5.91. The Balaban J connectivity index is 2.22. The van der Waals surface area contributed by atoms with E-state index in [4.69, 9.17) is 0 Å². The van der Waals surface area contributed by atoms with Crippen LogP contribution in [0, 0.1) is 19.8 Å². The second-order valence-corrected chi connectivity index (χ2v) is 8.65. The molecular formula is C13H22N2O2S2. The molecule has 1 aliphatic rings. The number of rotatable bonds is 4. The molecule has 1 unspecified atom stereocenters. The number of aryl methyl sites for hydroxylation is 2. The van der Waals surface area contributed by atoms with Crippen LogP contribution in [0.3, 0.4) is 0 Å². The predicted octanol–water partition coefficient (Wildman–Crippen LogP) is 1.99. The molecule has 1 fully saturated rings. The Morgan fingerprint density at radius 3 is 2.79 bits per heavy atom. The van der Waals surface area contributed by atoms with Gasteiger partial charge in [0.05, 0.1) is 0 Å². The third-order valence-corrected chi connectivity index (χ3v) is 7.18. The van der Waals surface area contributed by atoms with Crippen LogP contribution in [0.1, 0.15) is 23.3 Å². The van der Waals surface area contributed by atoms with Crippen molar-refractivity contribution in [3.05, 3.63) is 16.5 Å². The van der Waals surface area contributed by atoms with Crippen molar-refractivity contribution in [1.82, 2.24) is 9.62 Å². The van der Waals surface area contributed by atoms with Crippen LogP contribution in [0.2, 0.25) is 0 Å². The molecule has 0 aromatic carbocycles. The summed E-state index contributed by atoms with van der Waals surface area (Å²) in [6, 6.07) is 1.95. The van der Waals surface area contributed by atoms with E-state index in [-0.39, 0.29) is 0 Å². The lowest BCUT2D eigenvalue weighted by Gasteiger charge is -2.31. The third kappa shape index (κ3) is 3.18. The molecule has 0 saturated carbocycles. The Hall–Kier alpha value is -0.430. The highest BCUT2D eigenvalue weighted by Gasteiger charge is 2.32. The summed E-state index contributed by atoms with van der Waals surface area (Å²) in [6.45, 7) is 6.01. The molecule has 2 heterocycles. The number of hydrogen-bond acceptors (Lipinski definition) is 4. The van der Waals surface area contributed by atoms with Crippen LogP contribution < -0.4 is 5.32 Å². The lowest BCUT2D eigenvalue weighted by Crippen LogP contribution is -2.42. The summed E-state index contributed by atoms with van der Waals surface area (Å²) in [4.78, 5) is 1.06. The number of thiophene rings is 1. The molecule has 19 heavy (non-hydrogen) atoms. The van der Waals surface area contributed by atoms with Crippen LogP contribution in [0.4, 0.5) is 0 Å². The smallest absolute Gasteiger partial charge is 0.252 e. The van der Waals surface area contributed by atoms with E-state index in [1.54, 1.807) is 4.31 Å². The van der Waals surface area contributed by atoms with E-state index in [9.17, 15) is 8.42 Å². The van der Waals surface area contributed by atoms with E-state index < -0.39 is 10.0 Å². The summed E-state index contributed by atoms with van der Waals surface area (Å²) in [5.41, 5.74) is 0.873. The summed E-state index contributed by atoms with van der Waals surface area (Å²) in [5, 5.41) is 3.15. The monoisotopic (exact) mass is 302 g/mol. The summed E-state index contributed by atoms with van der Waals surface area (Å²) in [6.07, 6.45) is 2.06. The fourth-order valence-electron chi connectivity index (χ4n) is 2.69. The highest BCUT2D eigenvalue weighted by Crippen LogP contribution is 2.31. The molecule has 1 aliphatic heterocycles. The van der Waals surface area contributed by atoms with Gasteiger partial charge in [0.15, 0.2) is 0 Å². The standard InChI is InChI=1S/C13H22N2O2S2/c1-10-7-11(2)18-13(10)19(16,17)15-6-4-5-12(9-15)8-14-3/h7,12,14H,4-6,8-9H2,1-3H3. The maximum Gasteiger partial charge on any atom is 0.252 e. The number of piperidine rings is 1. The van der Waals surface area contributed by atoms with Gasteiger partial charge in [-0.15, -0.1) is 11.3 Å². The maximum atomic E-state index is 12.7. The number of nitrogens with zero attached hydrogens (tertiary/aromatic N) is 1. The first kappa shape index (κ1) is 15.0. The van der Waals surface area contributed by atoms with Gasteiger partial charge in [0, 0.05) is 18.0 Å². The van der Waals surface area contributed by atoms with E-state index in [0.717, 1.165) is 29.8 Å². The minimum atomic E-state index is -3.30. The fraction of sp³-hybridized carbons (Fsp3) is 0.692. The van der Waals surface area contributed by atoms with Crippen molar-refractivity contribution in [3.63, 3.8) is 0 Å². The van der Waals surface area contributed by atoms with E-state index in [0.29, 0.717) is 23.2 Å². The van der Waals surface area contributed by atoms with Gasteiger partial charge >= 0.3 is 0 Å². The number of nitrogens with one attached hydrogen (secondary N) is 1. The lowest BCUT2D eigenvalue weighted by molar-refractivity contribution is 0.264. The first-order valence-electron chi connectivity index (χ1n) is 6.67. The Morgan fingerprint density at radius 2 is 2.21 bits per heavy atom. The lowest BCUT2D eigenvalue weighted by atomic mass is 10.00. The highest BCUT2D eigenvalue weighted by atomic mass is 32.2. The summed E-state index contributed by atoms with van der Waals surface area (Å²) < 4.78 is 27.6. The van der Waals surface area contributed by atoms with Gasteiger partial charge in [-0.3, -0.25) is 0 Å². The molecule has 108 valence electrons. The van der Waals surface area contributed by atoms with E-state index in [1.165, 1.54) is 11.3 Å². The average molecular weight is 302 g/mol. The van der Waals surface area contributed by atoms with Crippen LogP contribution in [0.25, 0.3) is 0 Å². The van der Waals surface area contributed by atoms with E-state index in [1.807, 2.05) is 27.0 Å². The van der Waals surface area contributed by atoms with Gasteiger partial charge in [-0.25, -0.2) is 8.42 Å². The summed E-state index contributed by atoms with van der Waals surface area (Å²) in [7, 11) is -1.38. The van der Waals surface area contributed by atoms with Crippen molar-refractivity contribution in [2.75, 3.05) is 26.7 Å². The Kier molecular flexibility index (Phi) is 4.66. The van der Waals surface area contributed by atoms with Gasteiger partial charge < -0.3 is 5.32 Å². The van der Waals surface area contributed by atoms with Crippen molar-refractivity contribution >= 4 is 21.4 Å². The molecule has 2 rings (SSSR count). The molecule has 1 N–H and O–H groups in total. The zero-order valence-electron chi connectivity index (χ0n) is 11.8. The third-order valence-electron chi connectivity index (χ3n) is 3.54. The van der Waals surface area contributed by atoms with Crippen molar-refractivity contribution in [2.24, 2.45) is 5.92 Å². The molecule has 0 aliphatic carbocycles. The van der Waals surface area contributed by atoms with Crippen molar-refractivity contribution in [2.45, 2.75) is 30.9 Å². The molecule has 0 radical (unpaired) electrons. The zero-order valence-corrected chi connectivity index (χ0v) is 13.4. The van der Waals surface area contributed by atoms with Gasteiger partial charge in [-0.05, 0) is 57.8 Å². The molecule has 6 heteroatoms. The van der Waals surface area contributed by atoms with Gasteiger partial charge in [0.1, 0.15) is 4.21 Å². The van der Waals surface area contributed by atoms with Crippen LogP contribution >= 0.6 is 11.3 Å². The molecule has 1 saturated heterocycles. The van der Waals surface area contributed by atoms with Gasteiger partial charge in [0.25, 0.3) is 10.0 Å². The minimum absolute atomic E-state index is 0.426. The minimum Gasteiger partial charge on any atom is -0.319 e. The molecule has 1 aromatic heterocycles. The number of sulfonamides is 1. The topological polar surface area (TPSA) is 49.4 Å². The van der Waals surface area contributed by atoms with Gasteiger partial charge in [-0.1, -0.05) is 0 Å². The second-order valence-electron chi connectivity index (χ2n) is 5.26. The van der Waals surface area contributed by atoms with Crippen LogP contribution in [-0.2, 0) is 10.0 Å². The van der Waals surface area contributed by atoms with Gasteiger partial charge in [0.2, 0.25) is 0 Å². The SMILES string of the molecule is CNCC1CCCN(S(=O)(=O)c2sc(C)cc2C)C1. The molecule has 4 nitrogen and oxygen atoms in total. The molecule has 1 aromatic rings. The summed E-state index contributed by atoms with van der Waals surface area (Å²) in [5.74, 6) is 0.426. The summed E-state index contributed by atoms with van der Waals surface area (Å²) >= 11 is 1.38. The maximum absolute atomic E-state index is 12.7. The number of hydrogen-bond donors (Lipinski definition) is 1. The molecule has 0 spiro atoms. The van der Waals surface area contributed by atoms with Crippen molar-refractivity contribution in [1.29, 1.82) is 0 Å². The molecule has 1 atom stereocenters.